The zero-order valence-electron chi connectivity index (χ0n) is 19.8. The highest BCUT2D eigenvalue weighted by Crippen LogP contribution is 2.43. The standard InChI is InChI=1S/C27H21FN4O4S/c1-14-7-15(2)9-18(8-14)32-21-10-17(13-28)3-5-19(21)24(26(32)35)31-30-20-6-4-16(11-22(20)33)12-23-25(34)29-27(36)37-23/h3-12,33,35H,13H2,1-2H3,(H,29,34,36)/b23-12-,31-30?. The lowest BCUT2D eigenvalue weighted by molar-refractivity contribution is -0.115. The second-order valence-corrected chi connectivity index (χ2v) is 9.65. The Hall–Kier alpha value is -4.44. The van der Waals surface area contributed by atoms with E-state index in [2.05, 4.69) is 15.5 Å². The molecule has 1 aromatic heterocycles. The van der Waals surface area contributed by atoms with Crippen LogP contribution < -0.4 is 5.32 Å². The first-order chi connectivity index (χ1) is 17.7. The minimum atomic E-state index is -0.656. The number of nitrogens with zero attached hydrogens (tertiary/aromatic N) is 3. The van der Waals surface area contributed by atoms with Crippen LogP contribution in [0.2, 0.25) is 0 Å². The Bertz CT molecular complexity index is 1640. The number of fused-ring (bicyclic) bond motifs is 1. The van der Waals surface area contributed by atoms with Gasteiger partial charge in [0.15, 0.2) is 5.69 Å². The number of carbonyl (C=O) groups excluding carboxylic acids is 2. The average molecular weight is 517 g/mol. The number of hydrogen-bond donors (Lipinski definition) is 3. The van der Waals surface area contributed by atoms with Gasteiger partial charge in [0.05, 0.1) is 10.4 Å². The van der Waals surface area contributed by atoms with Crippen LogP contribution in [-0.2, 0) is 11.5 Å². The van der Waals surface area contributed by atoms with Gasteiger partial charge in [-0.25, -0.2) is 4.39 Å². The zero-order valence-corrected chi connectivity index (χ0v) is 20.6. The maximum atomic E-state index is 13.5. The van der Waals surface area contributed by atoms with Crippen molar-refractivity contribution in [3.8, 4) is 17.3 Å². The summed E-state index contributed by atoms with van der Waals surface area (Å²) in [7, 11) is 0. The van der Waals surface area contributed by atoms with E-state index >= 15 is 0 Å². The van der Waals surface area contributed by atoms with Gasteiger partial charge in [-0.3, -0.25) is 19.5 Å². The number of phenolic OH excluding ortho intramolecular Hbond substituents is 1. The highest BCUT2D eigenvalue weighted by atomic mass is 32.2. The Morgan fingerprint density at radius 1 is 1.00 bits per heavy atom. The fourth-order valence-electron chi connectivity index (χ4n) is 4.22. The fraction of sp³-hybridized carbons (Fsp3) is 0.111. The van der Waals surface area contributed by atoms with E-state index in [0.29, 0.717) is 27.7 Å². The maximum absolute atomic E-state index is 13.5. The molecule has 8 nitrogen and oxygen atoms in total. The summed E-state index contributed by atoms with van der Waals surface area (Å²) in [6, 6.07) is 15.3. The van der Waals surface area contributed by atoms with E-state index < -0.39 is 17.8 Å². The van der Waals surface area contributed by atoms with Crippen LogP contribution in [0.25, 0.3) is 22.7 Å². The highest BCUT2D eigenvalue weighted by Gasteiger charge is 2.25. The van der Waals surface area contributed by atoms with Gasteiger partial charge in [-0.2, -0.15) is 0 Å². The minimum Gasteiger partial charge on any atom is -0.506 e. The summed E-state index contributed by atoms with van der Waals surface area (Å²) in [6.45, 7) is 3.24. The number of rotatable bonds is 5. The van der Waals surface area contributed by atoms with Crippen molar-refractivity contribution in [2.45, 2.75) is 20.5 Å². The van der Waals surface area contributed by atoms with Gasteiger partial charge in [0.1, 0.15) is 18.1 Å². The van der Waals surface area contributed by atoms with Crippen molar-refractivity contribution >= 4 is 51.3 Å². The summed E-state index contributed by atoms with van der Waals surface area (Å²) >= 11 is 0.778. The molecule has 4 aromatic rings. The van der Waals surface area contributed by atoms with Crippen molar-refractivity contribution in [2.24, 2.45) is 10.2 Å². The number of phenols is 1. The minimum absolute atomic E-state index is 0.133. The van der Waals surface area contributed by atoms with Gasteiger partial charge in [-0.05, 0) is 84.3 Å². The van der Waals surface area contributed by atoms with E-state index in [-0.39, 0.29) is 27.9 Å². The molecule has 5 rings (SSSR count). The number of halogens is 1. The number of azo groups is 1. The van der Waals surface area contributed by atoms with Gasteiger partial charge in [0.2, 0.25) is 5.88 Å². The molecule has 10 heteroatoms. The Labute approximate surface area is 215 Å². The molecule has 2 heterocycles. The van der Waals surface area contributed by atoms with Crippen molar-refractivity contribution < 1.29 is 24.2 Å². The molecular weight excluding hydrogens is 495 g/mol. The van der Waals surface area contributed by atoms with Crippen molar-refractivity contribution in [2.75, 3.05) is 0 Å². The molecule has 37 heavy (non-hydrogen) atoms. The lowest BCUT2D eigenvalue weighted by Gasteiger charge is -2.10. The van der Waals surface area contributed by atoms with Gasteiger partial charge in [0.25, 0.3) is 11.1 Å². The van der Waals surface area contributed by atoms with Gasteiger partial charge < -0.3 is 10.2 Å². The van der Waals surface area contributed by atoms with Gasteiger partial charge in [-0.1, -0.05) is 24.3 Å². The number of nitrogens with one attached hydrogen (secondary N) is 1. The van der Waals surface area contributed by atoms with E-state index in [9.17, 15) is 24.2 Å². The zero-order chi connectivity index (χ0) is 26.3. The number of thioether (sulfide) groups is 1. The maximum Gasteiger partial charge on any atom is 0.290 e. The van der Waals surface area contributed by atoms with E-state index in [1.165, 1.54) is 18.2 Å². The number of hydrogen-bond acceptors (Lipinski definition) is 7. The number of carbonyl (C=O) groups is 2. The third-order valence-electron chi connectivity index (χ3n) is 5.80. The van der Waals surface area contributed by atoms with Crippen LogP contribution in [-0.4, -0.2) is 25.9 Å². The van der Waals surface area contributed by atoms with Crippen LogP contribution in [0.15, 0.2) is 69.7 Å². The van der Waals surface area contributed by atoms with Gasteiger partial charge >= 0.3 is 0 Å². The van der Waals surface area contributed by atoms with Gasteiger partial charge in [-0.15, -0.1) is 10.2 Å². The molecule has 186 valence electrons. The normalized spacial score (nSPS) is 14.8. The first-order valence-electron chi connectivity index (χ1n) is 11.2. The van der Waals surface area contributed by atoms with Crippen LogP contribution >= 0.6 is 11.8 Å². The Morgan fingerprint density at radius 3 is 2.41 bits per heavy atom. The lowest BCUT2D eigenvalue weighted by Crippen LogP contribution is -2.17. The van der Waals surface area contributed by atoms with Crippen LogP contribution in [0.5, 0.6) is 11.6 Å². The first-order valence-corrected chi connectivity index (χ1v) is 12.1. The molecule has 0 bridgehead atoms. The number of aromatic nitrogens is 1. The van der Waals surface area contributed by atoms with Crippen LogP contribution in [0.4, 0.5) is 20.6 Å². The van der Waals surface area contributed by atoms with Crippen LogP contribution in [0, 0.1) is 13.8 Å². The molecule has 0 aliphatic carbocycles. The number of benzene rings is 3. The second kappa shape index (κ2) is 9.55. The fourth-order valence-corrected chi connectivity index (χ4v) is 4.90. The predicted molar refractivity (Wildman–Crippen MR) is 141 cm³/mol. The predicted octanol–water partition coefficient (Wildman–Crippen LogP) is 6.87. The topological polar surface area (TPSA) is 116 Å². The first kappa shape index (κ1) is 24.3. The largest absolute Gasteiger partial charge is 0.506 e. The summed E-state index contributed by atoms with van der Waals surface area (Å²) in [5, 5.41) is 32.3. The van der Waals surface area contributed by atoms with Crippen molar-refractivity contribution in [3.05, 3.63) is 81.8 Å². The van der Waals surface area contributed by atoms with Gasteiger partial charge in [0, 0.05) is 11.1 Å². The van der Waals surface area contributed by atoms with Crippen LogP contribution in [0.1, 0.15) is 22.3 Å². The number of amides is 2. The highest BCUT2D eigenvalue weighted by molar-refractivity contribution is 8.18. The molecule has 0 radical (unpaired) electrons. The quantitative estimate of drug-likeness (QED) is 0.198. The van der Waals surface area contributed by atoms with E-state index in [1.807, 2.05) is 32.0 Å². The number of alkyl halides is 1. The Kier molecular flexibility index (Phi) is 6.26. The Balaban J connectivity index is 1.56. The van der Waals surface area contributed by atoms with Crippen molar-refractivity contribution in [1.82, 2.24) is 9.88 Å². The summed E-state index contributed by atoms with van der Waals surface area (Å²) < 4.78 is 15.1. The molecule has 1 aliphatic heterocycles. The van der Waals surface area contributed by atoms with Crippen molar-refractivity contribution in [3.63, 3.8) is 0 Å². The Morgan fingerprint density at radius 2 is 1.76 bits per heavy atom. The molecule has 1 fully saturated rings. The number of aryl methyl sites for hydroxylation is 2. The second-order valence-electron chi connectivity index (χ2n) is 8.64. The van der Waals surface area contributed by atoms with Crippen LogP contribution in [0.3, 0.4) is 0 Å². The average Bonchev–Trinajstić information content (AvgIpc) is 3.31. The lowest BCUT2D eigenvalue weighted by atomic mass is 10.1. The molecule has 1 saturated heterocycles. The number of imide groups is 1. The molecule has 1 aliphatic rings. The molecular formula is C27H21FN4O4S. The van der Waals surface area contributed by atoms with E-state index in [0.717, 1.165) is 22.9 Å². The molecule has 2 amide bonds. The number of aromatic hydroxyl groups is 2. The molecule has 0 unspecified atom stereocenters. The summed E-state index contributed by atoms with van der Waals surface area (Å²) in [4.78, 5) is 23.3. The summed E-state index contributed by atoms with van der Waals surface area (Å²) in [6.07, 6.45) is 1.48. The summed E-state index contributed by atoms with van der Waals surface area (Å²) in [5.74, 6) is -0.871. The molecule has 0 saturated carbocycles. The SMILES string of the molecule is Cc1cc(C)cc(-n2c(O)c(N=Nc3ccc(/C=C4\SC(=O)NC4=O)cc3O)c3ccc(CF)cc32)c1. The third kappa shape index (κ3) is 4.70. The molecule has 0 spiro atoms. The van der Waals surface area contributed by atoms with Crippen molar-refractivity contribution in [1.29, 1.82) is 0 Å². The summed E-state index contributed by atoms with van der Waals surface area (Å²) in [5.41, 5.74) is 4.52. The smallest absolute Gasteiger partial charge is 0.290 e. The van der Waals surface area contributed by atoms with E-state index in [4.69, 9.17) is 0 Å². The molecule has 0 atom stereocenters. The monoisotopic (exact) mass is 516 g/mol. The van der Waals surface area contributed by atoms with E-state index in [1.54, 1.807) is 28.8 Å². The molecule has 3 aromatic carbocycles. The molecule has 3 N–H and O–H groups in total. The third-order valence-corrected chi connectivity index (χ3v) is 6.61.